The van der Waals surface area contributed by atoms with Gasteiger partial charge >= 0.3 is 128 Å². The third-order valence-corrected chi connectivity index (χ3v) is 6.35. The van der Waals surface area contributed by atoms with Crippen molar-refractivity contribution in [2.45, 2.75) is 44.3 Å². The molecule has 0 fully saturated rings. The van der Waals surface area contributed by atoms with E-state index in [2.05, 4.69) is 76.4 Å². The van der Waals surface area contributed by atoms with E-state index in [1.165, 1.54) is 25.0 Å². The summed E-state index contributed by atoms with van der Waals surface area (Å²) in [5, 5.41) is 0. The van der Waals surface area contributed by atoms with Crippen molar-refractivity contribution >= 4 is 11.8 Å². The summed E-state index contributed by atoms with van der Waals surface area (Å²) >= 11 is 4.44. The first-order valence-electron chi connectivity index (χ1n) is 6.76. The van der Waals surface area contributed by atoms with Crippen LogP contribution < -0.4 is 24.8 Å². The van der Waals surface area contributed by atoms with Crippen LogP contribution in [-0.2, 0) is 20.4 Å². The summed E-state index contributed by atoms with van der Waals surface area (Å²) in [6.07, 6.45) is 16.3. The van der Waals surface area contributed by atoms with Gasteiger partial charge in [-0.3, -0.25) is 0 Å². The van der Waals surface area contributed by atoms with E-state index in [4.69, 9.17) is 0 Å². The third-order valence-electron chi connectivity index (χ3n) is 3.74. The molecule has 0 aromatic rings. The molecule has 0 bridgehead atoms. The van der Waals surface area contributed by atoms with Crippen molar-refractivity contribution in [3.63, 3.8) is 0 Å². The van der Waals surface area contributed by atoms with E-state index in [9.17, 15) is 0 Å². The smallest absolute Gasteiger partial charge is 1.00 e. The molecule has 1 atom stereocenters. The van der Waals surface area contributed by atoms with Crippen LogP contribution in [0.15, 0.2) is 45.4 Å². The van der Waals surface area contributed by atoms with E-state index in [0.29, 0.717) is 4.75 Å². The Bertz CT molecular complexity index is 438. The molecular formula is C16H21Cl2STi. The van der Waals surface area contributed by atoms with E-state index in [1.54, 1.807) is 15.0 Å². The fraction of sp³-hybridized carbons (Fsp3) is 0.500. The van der Waals surface area contributed by atoms with Gasteiger partial charge in [-0.15, -0.1) is 0 Å². The van der Waals surface area contributed by atoms with Gasteiger partial charge < -0.3 is 24.8 Å². The van der Waals surface area contributed by atoms with Crippen LogP contribution in [0, 0.1) is 0 Å². The molecule has 0 nitrogen and oxygen atoms in total. The van der Waals surface area contributed by atoms with Crippen molar-refractivity contribution in [1.29, 1.82) is 0 Å². The Morgan fingerprint density at radius 1 is 1.30 bits per heavy atom. The van der Waals surface area contributed by atoms with Gasteiger partial charge in [-0.1, -0.05) is 0 Å². The number of halogens is 2. The van der Waals surface area contributed by atoms with Crippen LogP contribution in [0.2, 0.25) is 0 Å². The molecule has 0 saturated heterocycles. The van der Waals surface area contributed by atoms with Gasteiger partial charge in [0.2, 0.25) is 0 Å². The number of thioether (sulfide) groups is 1. The average molecular weight is 364 g/mol. The van der Waals surface area contributed by atoms with Crippen molar-refractivity contribution in [3.05, 3.63) is 45.4 Å². The van der Waals surface area contributed by atoms with Crippen LogP contribution in [0.3, 0.4) is 0 Å². The van der Waals surface area contributed by atoms with Crippen molar-refractivity contribution in [2.75, 3.05) is 5.75 Å². The van der Waals surface area contributed by atoms with Gasteiger partial charge in [-0.25, -0.2) is 0 Å². The number of allylic oxidation sites excluding steroid dienone is 7. The molecule has 109 valence electrons. The molecule has 0 aromatic heterocycles. The Kier molecular flexibility index (Phi) is 9.88. The number of hydrogen-bond donors (Lipinski definition) is 0. The molecule has 1 unspecified atom stereocenters. The molecule has 0 saturated carbocycles. The van der Waals surface area contributed by atoms with Crippen molar-refractivity contribution < 1.29 is 45.2 Å². The van der Waals surface area contributed by atoms with Crippen LogP contribution in [0.25, 0.3) is 0 Å². The molecule has 0 radical (unpaired) electrons. The first-order chi connectivity index (χ1) is 8.68. The maximum atomic E-state index is 2.34. The predicted octanol–water partition coefficient (Wildman–Crippen LogP) is -1.07. The minimum Gasteiger partial charge on any atom is -1.00 e. The number of hydrogen-bond acceptors (Lipinski definition) is 1. The second-order valence-corrected chi connectivity index (χ2v) is 7.53. The van der Waals surface area contributed by atoms with Gasteiger partial charge in [0.05, 0.1) is 0 Å². The molecule has 0 heterocycles. The minimum absolute atomic E-state index is 0. The topological polar surface area (TPSA) is 0 Å². The molecule has 2 aliphatic rings. The number of rotatable bonds is 5. The van der Waals surface area contributed by atoms with E-state index >= 15 is 0 Å². The van der Waals surface area contributed by atoms with Gasteiger partial charge in [0, 0.05) is 0 Å². The van der Waals surface area contributed by atoms with Crippen molar-refractivity contribution in [1.82, 2.24) is 0 Å². The van der Waals surface area contributed by atoms with Gasteiger partial charge in [0.15, 0.2) is 0 Å². The molecule has 0 spiro atoms. The Morgan fingerprint density at radius 2 is 2.05 bits per heavy atom. The standard InChI is InChI=1S/C16H21S.2ClH.Ti/c1-3-12-17-16(11-7-6-8-14(16)2)13-15-9-4-5-10-15;;;/h4,6-9H,3,5,11-13H2,1-2H3;2*1H;/q;;;+2/p-2. The molecular weight excluding hydrogens is 343 g/mol. The molecule has 2 aliphatic carbocycles. The maximum Gasteiger partial charge on any atom is -1.00 e. The van der Waals surface area contributed by atoms with Crippen LogP contribution in [0.1, 0.15) is 39.5 Å². The second kappa shape index (κ2) is 9.59. The molecule has 20 heavy (non-hydrogen) atoms. The fourth-order valence-electron chi connectivity index (χ4n) is 2.54. The minimum atomic E-state index is 0. The van der Waals surface area contributed by atoms with E-state index < -0.39 is 0 Å². The summed E-state index contributed by atoms with van der Waals surface area (Å²) in [5.74, 6) is 1.26. The monoisotopic (exact) mass is 363 g/mol. The second-order valence-electron chi connectivity index (χ2n) is 5.11. The zero-order valence-corrected chi connectivity index (χ0v) is 16.0. The van der Waals surface area contributed by atoms with Crippen LogP contribution in [0.4, 0.5) is 0 Å². The van der Waals surface area contributed by atoms with Gasteiger partial charge in [0.25, 0.3) is 0 Å². The van der Waals surface area contributed by atoms with Crippen LogP contribution >= 0.6 is 11.8 Å². The third kappa shape index (κ3) is 4.81. The molecule has 0 amide bonds. The summed E-state index contributed by atoms with van der Waals surface area (Å²) in [7, 11) is 0. The van der Waals surface area contributed by atoms with Crippen LogP contribution in [0.5, 0.6) is 0 Å². The van der Waals surface area contributed by atoms with Crippen molar-refractivity contribution in [3.8, 4) is 0 Å². The van der Waals surface area contributed by atoms with Gasteiger partial charge in [0.1, 0.15) is 0 Å². The summed E-state index contributed by atoms with van der Waals surface area (Å²) in [4.78, 5) is 0. The van der Waals surface area contributed by atoms with Gasteiger partial charge in [-0.05, 0) is 0 Å². The zero-order valence-electron chi connectivity index (χ0n) is 12.1. The SMILES string of the molecule is CCCSC1(CC2=[C]([Ti+2])CC=C2)CC=CC=C1C.[Cl-].[Cl-]. The van der Waals surface area contributed by atoms with Crippen LogP contribution in [-0.4, -0.2) is 10.5 Å². The summed E-state index contributed by atoms with van der Waals surface area (Å²) in [6.45, 7) is 4.58. The normalized spacial score (nSPS) is 24.3. The molecule has 0 aromatic carbocycles. The van der Waals surface area contributed by atoms with Gasteiger partial charge in [-0.2, -0.15) is 0 Å². The molecule has 0 N–H and O–H groups in total. The Hall–Kier alpha value is 0.604. The predicted molar refractivity (Wildman–Crippen MR) is 78.4 cm³/mol. The molecule has 4 heteroatoms. The Labute approximate surface area is 151 Å². The first kappa shape index (κ1) is 20.6. The Morgan fingerprint density at radius 3 is 2.60 bits per heavy atom. The van der Waals surface area contributed by atoms with Crippen molar-refractivity contribution in [2.24, 2.45) is 0 Å². The molecule has 2 rings (SSSR count). The molecule has 0 aliphatic heterocycles. The van der Waals surface area contributed by atoms with E-state index in [0.717, 1.165) is 6.42 Å². The maximum absolute atomic E-state index is 2.34. The quantitative estimate of drug-likeness (QED) is 0.561. The van der Waals surface area contributed by atoms with E-state index in [-0.39, 0.29) is 24.8 Å². The zero-order chi connectivity index (χ0) is 13.0. The van der Waals surface area contributed by atoms with E-state index in [1.807, 2.05) is 0 Å². The fourth-order valence-corrected chi connectivity index (χ4v) is 4.35. The largest absolute Gasteiger partial charge is 1.00 e. The first-order valence-corrected chi connectivity index (χ1v) is 8.52. The summed E-state index contributed by atoms with van der Waals surface area (Å²) in [5.41, 5.74) is 3.12. The summed E-state index contributed by atoms with van der Waals surface area (Å²) in [6, 6.07) is 0. The Balaban J connectivity index is 0.00000180. The average Bonchev–Trinajstić information content (AvgIpc) is 2.76. The summed E-state index contributed by atoms with van der Waals surface area (Å²) < 4.78 is 1.88.